The average Bonchev–Trinajstić information content (AvgIpc) is 3.13. The molecule has 0 aliphatic heterocycles. The minimum Gasteiger partial charge on any atom is -0.256 e. The lowest BCUT2D eigenvalue weighted by Gasteiger charge is -2.16. The lowest BCUT2D eigenvalue weighted by atomic mass is 9.88. The fourth-order valence-corrected chi connectivity index (χ4v) is 5.21. The molecule has 1 heteroatoms. The summed E-state index contributed by atoms with van der Waals surface area (Å²) in [6.45, 7) is 0. The Morgan fingerprint density at radius 2 is 1.23 bits per heavy atom. The maximum Gasteiger partial charge on any atom is 0.0714 e. The third-order valence-corrected chi connectivity index (χ3v) is 6.42. The molecule has 0 atom stereocenters. The molecule has 0 unspecified atom stereocenters. The SMILES string of the molecule is c1ccc(-c2c3c(cc4ccc5ccccc5c24)-c2cccc4cccc-3c24)nc1. The van der Waals surface area contributed by atoms with Gasteiger partial charge in [-0.2, -0.15) is 0 Å². The number of hydrogen-bond donors (Lipinski definition) is 0. The van der Waals surface area contributed by atoms with E-state index in [1.807, 2.05) is 12.3 Å². The first-order chi connectivity index (χ1) is 14.9. The fourth-order valence-electron chi connectivity index (χ4n) is 5.21. The van der Waals surface area contributed by atoms with Gasteiger partial charge in [-0.3, -0.25) is 4.98 Å². The van der Waals surface area contributed by atoms with Crippen LogP contribution in [-0.2, 0) is 0 Å². The summed E-state index contributed by atoms with van der Waals surface area (Å²) in [6, 6.07) is 35.0. The Kier molecular flexibility index (Phi) is 3.06. The van der Waals surface area contributed by atoms with Crippen LogP contribution in [0.25, 0.3) is 65.8 Å². The van der Waals surface area contributed by atoms with E-state index in [1.54, 1.807) is 0 Å². The third-order valence-electron chi connectivity index (χ3n) is 6.42. The van der Waals surface area contributed by atoms with Crippen molar-refractivity contribution in [3.05, 3.63) is 103 Å². The van der Waals surface area contributed by atoms with Gasteiger partial charge in [-0.05, 0) is 67.2 Å². The van der Waals surface area contributed by atoms with Crippen molar-refractivity contribution >= 4 is 32.3 Å². The monoisotopic (exact) mass is 379 g/mol. The lowest BCUT2D eigenvalue weighted by Crippen LogP contribution is -1.91. The lowest BCUT2D eigenvalue weighted by molar-refractivity contribution is 1.33. The highest BCUT2D eigenvalue weighted by Crippen LogP contribution is 2.53. The van der Waals surface area contributed by atoms with E-state index in [0.717, 1.165) is 5.69 Å². The number of fused-ring (bicyclic) bond motifs is 6. The second kappa shape index (κ2) is 5.77. The molecule has 30 heavy (non-hydrogen) atoms. The van der Waals surface area contributed by atoms with Crippen LogP contribution < -0.4 is 0 Å². The average molecular weight is 379 g/mol. The molecular weight excluding hydrogens is 362 g/mol. The van der Waals surface area contributed by atoms with Crippen molar-refractivity contribution in [2.24, 2.45) is 0 Å². The van der Waals surface area contributed by atoms with Crippen molar-refractivity contribution in [1.82, 2.24) is 4.98 Å². The Hall–Kier alpha value is -3.97. The van der Waals surface area contributed by atoms with E-state index in [2.05, 4.69) is 91.0 Å². The molecule has 1 heterocycles. The quantitative estimate of drug-likeness (QED) is 0.265. The van der Waals surface area contributed by atoms with Crippen molar-refractivity contribution in [2.75, 3.05) is 0 Å². The summed E-state index contributed by atoms with van der Waals surface area (Å²) >= 11 is 0. The molecule has 0 radical (unpaired) electrons. The summed E-state index contributed by atoms with van der Waals surface area (Å²) in [5.41, 5.74) is 7.53. The van der Waals surface area contributed by atoms with Gasteiger partial charge in [-0.1, -0.05) is 78.9 Å². The summed E-state index contributed by atoms with van der Waals surface area (Å²) in [7, 11) is 0. The smallest absolute Gasteiger partial charge is 0.0714 e. The van der Waals surface area contributed by atoms with Gasteiger partial charge in [-0.25, -0.2) is 0 Å². The Morgan fingerprint density at radius 3 is 2.10 bits per heavy atom. The van der Waals surface area contributed by atoms with Crippen molar-refractivity contribution in [1.29, 1.82) is 0 Å². The minimum atomic E-state index is 1.03. The van der Waals surface area contributed by atoms with Gasteiger partial charge in [0.05, 0.1) is 5.69 Å². The molecule has 1 aliphatic rings. The van der Waals surface area contributed by atoms with Crippen LogP contribution in [0, 0.1) is 0 Å². The Balaban J connectivity index is 1.78. The Morgan fingerprint density at radius 1 is 0.467 bits per heavy atom. The molecule has 5 aromatic carbocycles. The van der Waals surface area contributed by atoms with Crippen LogP contribution in [0.3, 0.4) is 0 Å². The molecule has 0 spiro atoms. The van der Waals surface area contributed by atoms with Crippen LogP contribution in [0.5, 0.6) is 0 Å². The van der Waals surface area contributed by atoms with Gasteiger partial charge in [0.25, 0.3) is 0 Å². The molecule has 1 aliphatic carbocycles. The summed E-state index contributed by atoms with van der Waals surface area (Å²) in [5, 5.41) is 7.74. The first-order valence-corrected chi connectivity index (χ1v) is 10.3. The molecule has 0 saturated carbocycles. The highest BCUT2D eigenvalue weighted by molar-refractivity contribution is 6.26. The van der Waals surface area contributed by atoms with E-state index in [9.17, 15) is 0 Å². The Bertz CT molecular complexity index is 1620. The largest absolute Gasteiger partial charge is 0.256 e. The highest BCUT2D eigenvalue weighted by atomic mass is 14.7. The first-order valence-electron chi connectivity index (χ1n) is 10.3. The predicted molar refractivity (Wildman–Crippen MR) is 127 cm³/mol. The van der Waals surface area contributed by atoms with Crippen molar-refractivity contribution in [2.45, 2.75) is 0 Å². The molecular formula is C29H17N. The van der Waals surface area contributed by atoms with Crippen LogP contribution in [0.15, 0.2) is 103 Å². The van der Waals surface area contributed by atoms with Crippen molar-refractivity contribution in [3.8, 4) is 33.5 Å². The van der Waals surface area contributed by atoms with E-state index in [1.165, 1.54) is 60.1 Å². The molecule has 7 rings (SSSR count). The van der Waals surface area contributed by atoms with E-state index in [4.69, 9.17) is 4.98 Å². The van der Waals surface area contributed by atoms with E-state index in [-0.39, 0.29) is 0 Å². The van der Waals surface area contributed by atoms with E-state index >= 15 is 0 Å². The molecule has 0 saturated heterocycles. The number of pyridine rings is 1. The predicted octanol–water partition coefficient (Wildman–Crippen LogP) is 7.86. The van der Waals surface area contributed by atoms with Crippen LogP contribution in [0.2, 0.25) is 0 Å². The number of nitrogens with zero attached hydrogens (tertiary/aromatic N) is 1. The maximum absolute atomic E-state index is 4.81. The maximum atomic E-state index is 4.81. The topological polar surface area (TPSA) is 12.9 Å². The third kappa shape index (κ3) is 1.99. The van der Waals surface area contributed by atoms with Crippen LogP contribution in [0.4, 0.5) is 0 Å². The van der Waals surface area contributed by atoms with Gasteiger partial charge in [-0.15, -0.1) is 0 Å². The zero-order valence-electron chi connectivity index (χ0n) is 16.3. The number of benzene rings is 5. The molecule has 1 aromatic heterocycles. The number of aromatic nitrogens is 1. The standard InChI is InChI=1S/C29H17N/c1-2-10-21-18(7-1)14-15-20-17-24-22-11-5-8-19-9-6-12-23(26(19)22)28(24)29(27(20)21)25-13-3-4-16-30-25/h1-17H. The second-order valence-electron chi connectivity index (χ2n) is 7.98. The summed E-state index contributed by atoms with van der Waals surface area (Å²) in [6.07, 6.45) is 1.90. The van der Waals surface area contributed by atoms with Gasteiger partial charge in [0, 0.05) is 17.3 Å². The first kappa shape index (κ1) is 15.9. The zero-order valence-corrected chi connectivity index (χ0v) is 16.3. The summed E-state index contributed by atoms with van der Waals surface area (Å²) < 4.78 is 0. The fraction of sp³-hybridized carbons (Fsp3) is 0. The molecule has 0 N–H and O–H groups in total. The zero-order chi connectivity index (χ0) is 19.7. The molecule has 0 fully saturated rings. The van der Waals surface area contributed by atoms with Crippen molar-refractivity contribution < 1.29 is 0 Å². The van der Waals surface area contributed by atoms with Gasteiger partial charge in [0.2, 0.25) is 0 Å². The summed E-state index contributed by atoms with van der Waals surface area (Å²) in [5.74, 6) is 0. The minimum absolute atomic E-state index is 1.03. The van der Waals surface area contributed by atoms with E-state index in [0.29, 0.717) is 0 Å². The van der Waals surface area contributed by atoms with Crippen LogP contribution >= 0.6 is 0 Å². The number of hydrogen-bond acceptors (Lipinski definition) is 1. The van der Waals surface area contributed by atoms with Crippen molar-refractivity contribution in [3.63, 3.8) is 0 Å². The second-order valence-corrected chi connectivity index (χ2v) is 7.98. The highest BCUT2D eigenvalue weighted by Gasteiger charge is 2.27. The molecule has 0 amide bonds. The van der Waals surface area contributed by atoms with Crippen LogP contribution in [-0.4, -0.2) is 4.98 Å². The molecule has 1 nitrogen and oxygen atoms in total. The summed E-state index contributed by atoms with van der Waals surface area (Å²) in [4.78, 5) is 4.81. The Labute approximate surface area is 174 Å². The molecule has 0 bridgehead atoms. The van der Waals surface area contributed by atoms with Gasteiger partial charge < -0.3 is 0 Å². The van der Waals surface area contributed by atoms with E-state index < -0.39 is 0 Å². The molecule has 6 aromatic rings. The van der Waals surface area contributed by atoms with Gasteiger partial charge in [0.15, 0.2) is 0 Å². The normalized spacial score (nSPS) is 12.0. The molecule has 138 valence electrons. The number of rotatable bonds is 1. The van der Waals surface area contributed by atoms with Gasteiger partial charge >= 0.3 is 0 Å². The van der Waals surface area contributed by atoms with Gasteiger partial charge in [0.1, 0.15) is 0 Å². The van der Waals surface area contributed by atoms with Crippen LogP contribution in [0.1, 0.15) is 0 Å².